The number of ketones is 1. The number of aromatic nitrogens is 1. The first-order valence-corrected chi connectivity index (χ1v) is 5.88. The van der Waals surface area contributed by atoms with E-state index in [1.807, 2.05) is 18.5 Å². The van der Waals surface area contributed by atoms with Crippen molar-refractivity contribution < 1.29 is 4.79 Å². The third-order valence-electron chi connectivity index (χ3n) is 2.40. The van der Waals surface area contributed by atoms with E-state index in [1.54, 1.807) is 18.3 Å². The molecule has 0 N–H and O–H groups in total. The number of hydrogen-bond donors (Lipinski definition) is 0. The third-order valence-corrected chi connectivity index (χ3v) is 3.13. The van der Waals surface area contributed by atoms with Crippen molar-refractivity contribution in [2.45, 2.75) is 19.9 Å². The van der Waals surface area contributed by atoms with E-state index in [0.717, 1.165) is 18.5 Å². The van der Waals surface area contributed by atoms with Crippen molar-refractivity contribution in [1.82, 2.24) is 4.57 Å². The molecule has 3 heteroatoms. The van der Waals surface area contributed by atoms with Crippen LogP contribution in [-0.4, -0.2) is 10.4 Å². The SMILES string of the molecule is CC(=O)c1ccn(CCc2ccsc2)c1. The predicted molar refractivity (Wildman–Crippen MR) is 62.5 cm³/mol. The number of aryl methyl sites for hydroxylation is 2. The first-order chi connectivity index (χ1) is 7.25. The average molecular weight is 219 g/mol. The normalized spacial score (nSPS) is 10.5. The molecule has 2 rings (SSSR count). The molecule has 2 heterocycles. The van der Waals surface area contributed by atoms with Crippen LogP contribution in [0.2, 0.25) is 0 Å². The van der Waals surface area contributed by atoms with Gasteiger partial charge in [-0.3, -0.25) is 4.79 Å². The third kappa shape index (κ3) is 2.57. The number of carbonyl (C=O) groups excluding carboxylic acids is 1. The molecule has 0 aliphatic rings. The fraction of sp³-hybridized carbons (Fsp3) is 0.250. The monoisotopic (exact) mass is 219 g/mol. The van der Waals surface area contributed by atoms with Crippen LogP contribution in [0.3, 0.4) is 0 Å². The minimum absolute atomic E-state index is 0.129. The topological polar surface area (TPSA) is 22.0 Å². The Hall–Kier alpha value is -1.35. The molecule has 15 heavy (non-hydrogen) atoms. The van der Waals surface area contributed by atoms with Crippen molar-refractivity contribution in [3.05, 3.63) is 46.4 Å². The lowest BCUT2D eigenvalue weighted by molar-refractivity contribution is 0.101. The summed E-state index contributed by atoms with van der Waals surface area (Å²) in [6.07, 6.45) is 4.90. The first-order valence-electron chi connectivity index (χ1n) is 4.93. The second-order valence-electron chi connectivity index (χ2n) is 3.58. The molecule has 0 aliphatic heterocycles. The maximum absolute atomic E-state index is 11.1. The lowest BCUT2D eigenvalue weighted by atomic mass is 10.2. The summed E-state index contributed by atoms with van der Waals surface area (Å²) in [7, 11) is 0. The van der Waals surface area contributed by atoms with Crippen LogP contribution in [0.25, 0.3) is 0 Å². The molecule has 0 aliphatic carbocycles. The van der Waals surface area contributed by atoms with Gasteiger partial charge < -0.3 is 4.57 Å². The molecule has 0 saturated carbocycles. The maximum Gasteiger partial charge on any atom is 0.161 e. The number of rotatable bonds is 4. The summed E-state index contributed by atoms with van der Waals surface area (Å²) in [5.74, 6) is 0.129. The van der Waals surface area contributed by atoms with Crippen molar-refractivity contribution in [3.8, 4) is 0 Å². The summed E-state index contributed by atoms with van der Waals surface area (Å²) >= 11 is 1.72. The van der Waals surface area contributed by atoms with E-state index in [0.29, 0.717) is 0 Å². The highest BCUT2D eigenvalue weighted by atomic mass is 32.1. The molecule has 0 atom stereocenters. The van der Waals surface area contributed by atoms with E-state index in [4.69, 9.17) is 0 Å². The van der Waals surface area contributed by atoms with Gasteiger partial charge in [-0.05, 0) is 41.8 Å². The summed E-state index contributed by atoms with van der Waals surface area (Å²) < 4.78 is 2.06. The lowest BCUT2D eigenvalue weighted by Crippen LogP contribution is -1.98. The van der Waals surface area contributed by atoms with Gasteiger partial charge in [0, 0.05) is 24.5 Å². The van der Waals surface area contributed by atoms with E-state index in [1.165, 1.54) is 5.56 Å². The molecular weight excluding hydrogens is 206 g/mol. The summed E-state index contributed by atoms with van der Waals surface area (Å²) in [4.78, 5) is 11.1. The molecule has 78 valence electrons. The first kappa shape index (κ1) is 10.2. The molecule has 0 bridgehead atoms. The number of thiophene rings is 1. The van der Waals surface area contributed by atoms with Gasteiger partial charge in [0.1, 0.15) is 0 Å². The van der Waals surface area contributed by atoms with Crippen LogP contribution in [0.1, 0.15) is 22.8 Å². The Balaban J connectivity index is 1.96. The summed E-state index contributed by atoms with van der Waals surface area (Å²) in [5, 5.41) is 4.25. The maximum atomic E-state index is 11.1. The zero-order chi connectivity index (χ0) is 10.7. The zero-order valence-corrected chi connectivity index (χ0v) is 9.46. The highest BCUT2D eigenvalue weighted by Gasteiger charge is 2.01. The largest absolute Gasteiger partial charge is 0.353 e. The van der Waals surface area contributed by atoms with E-state index in [-0.39, 0.29) is 5.78 Å². The second-order valence-corrected chi connectivity index (χ2v) is 4.36. The van der Waals surface area contributed by atoms with Gasteiger partial charge in [0.15, 0.2) is 5.78 Å². The molecule has 0 unspecified atom stereocenters. The van der Waals surface area contributed by atoms with Gasteiger partial charge in [0.05, 0.1) is 0 Å². The zero-order valence-electron chi connectivity index (χ0n) is 8.64. The molecule has 2 nitrogen and oxygen atoms in total. The second kappa shape index (κ2) is 4.45. The van der Waals surface area contributed by atoms with Crippen LogP contribution in [0.4, 0.5) is 0 Å². The Morgan fingerprint density at radius 3 is 2.93 bits per heavy atom. The Kier molecular flexibility index (Phi) is 3.02. The predicted octanol–water partition coefficient (Wildman–Crippen LogP) is 2.99. The van der Waals surface area contributed by atoms with Crippen LogP contribution in [0.15, 0.2) is 35.3 Å². The number of hydrogen-bond acceptors (Lipinski definition) is 2. The Morgan fingerprint density at radius 2 is 2.33 bits per heavy atom. The van der Waals surface area contributed by atoms with E-state index in [2.05, 4.69) is 21.4 Å². The molecule has 0 radical (unpaired) electrons. The van der Waals surface area contributed by atoms with Gasteiger partial charge in [-0.25, -0.2) is 0 Å². The molecule has 2 aromatic heterocycles. The van der Waals surface area contributed by atoms with Crippen molar-refractivity contribution in [3.63, 3.8) is 0 Å². The minimum atomic E-state index is 0.129. The van der Waals surface area contributed by atoms with Gasteiger partial charge in [-0.1, -0.05) is 0 Å². The van der Waals surface area contributed by atoms with Gasteiger partial charge in [0.2, 0.25) is 0 Å². The van der Waals surface area contributed by atoms with Crippen LogP contribution in [-0.2, 0) is 13.0 Å². The van der Waals surface area contributed by atoms with Crippen molar-refractivity contribution in [2.75, 3.05) is 0 Å². The summed E-state index contributed by atoms with van der Waals surface area (Å²) in [6, 6.07) is 4.01. The highest BCUT2D eigenvalue weighted by Crippen LogP contribution is 2.09. The molecule has 0 fully saturated rings. The Labute approximate surface area is 93.2 Å². The number of Topliss-reactive ketones (excluding diaryl/α,β-unsaturated/α-hetero) is 1. The average Bonchev–Trinajstić information content (AvgIpc) is 2.86. The molecular formula is C12H13NOS. The van der Waals surface area contributed by atoms with Crippen LogP contribution >= 0.6 is 11.3 Å². The number of nitrogens with zero attached hydrogens (tertiary/aromatic N) is 1. The van der Waals surface area contributed by atoms with Gasteiger partial charge in [0.25, 0.3) is 0 Å². The summed E-state index contributed by atoms with van der Waals surface area (Å²) in [6.45, 7) is 2.53. The number of carbonyl (C=O) groups is 1. The van der Waals surface area contributed by atoms with Crippen molar-refractivity contribution >= 4 is 17.1 Å². The molecule has 0 aromatic carbocycles. The van der Waals surface area contributed by atoms with Crippen LogP contribution in [0, 0.1) is 0 Å². The van der Waals surface area contributed by atoms with E-state index < -0.39 is 0 Å². The molecule has 0 amide bonds. The fourth-order valence-corrected chi connectivity index (χ4v) is 2.18. The van der Waals surface area contributed by atoms with Crippen molar-refractivity contribution in [2.24, 2.45) is 0 Å². The minimum Gasteiger partial charge on any atom is -0.353 e. The molecule has 0 saturated heterocycles. The smallest absolute Gasteiger partial charge is 0.161 e. The summed E-state index contributed by atoms with van der Waals surface area (Å²) in [5.41, 5.74) is 2.15. The Morgan fingerprint density at radius 1 is 1.47 bits per heavy atom. The quantitative estimate of drug-likeness (QED) is 0.724. The molecule has 0 spiro atoms. The van der Waals surface area contributed by atoms with Gasteiger partial charge in [-0.15, -0.1) is 0 Å². The van der Waals surface area contributed by atoms with Crippen LogP contribution in [0.5, 0.6) is 0 Å². The standard InChI is InChI=1S/C12H13NOS/c1-10(14)12-3-6-13(8-12)5-2-11-4-7-15-9-11/h3-4,6-9H,2,5H2,1H3. The Bertz CT molecular complexity index is 442. The van der Waals surface area contributed by atoms with Gasteiger partial charge in [-0.2, -0.15) is 11.3 Å². The molecule has 2 aromatic rings. The lowest BCUT2D eigenvalue weighted by Gasteiger charge is -2.00. The van der Waals surface area contributed by atoms with Gasteiger partial charge >= 0.3 is 0 Å². The fourth-order valence-electron chi connectivity index (χ4n) is 1.48. The van der Waals surface area contributed by atoms with E-state index in [9.17, 15) is 4.79 Å². The van der Waals surface area contributed by atoms with Crippen LogP contribution < -0.4 is 0 Å². The van der Waals surface area contributed by atoms with Crippen molar-refractivity contribution in [1.29, 1.82) is 0 Å². The van der Waals surface area contributed by atoms with E-state index >= 15 is 0 Å². The highest BCUT2D eigenvalue weighted by molar-refractivity contribution is 7.07.